The van der Waals surface area contributed by atoms with Crippen molar-refractivity contribution in [1.82, 2.24) is 23.6 Å². The second kappa shape index (κ2) is 5.61. The Morgan fingerprint density at radius 2 is 2.00 bits per heavy atom. The Bertz CT molecular complexity index is 848. The predicted molar refractivity (Wildman–Crippen MR) is 88.4 cm³/mol. The molecule has 0 aliphatic carbocycles. The third-order valence-electron chi connectivity index (χ3n) is 5.00. The molecule has 1 aliphatic rings. The van der Waals surface area contributed by atoms with E-state index in [4.69, 9.17) is 5.73 Å². The molecule has 0 bridgehead atoms. The molecular formula is C15H24N6O2. The van der Waals surface area contributed by atoms with Crippen LogP contribution in [0.2, 0.25) is 0 Å². The molecule has 0 amide bonds. The largest absolute Gasteiger partial charge is 0.332 e. The maximum Gasteiger partial charge on any atom is 0.332 e. The van der Waals surface area contributed by atoms with E-state index in [1.165, 1.54) is 11.6 Å². The van der Waals surface area contributed by atoms with Gasteiger partial charge in [0.2, 0.25) is 0 Å². The lowest BCUT2D eigenvalue weighted by atomic mass is 9.90. The van der Waals surface area contributed by atoms with Crippen LogP contribution in [-0.2, 0) is 20.6 Å². The van der Waals surface area contributed by atoms with Crippen LogP contribution in [0.4, 0.5) is 0 Å². The van der Waals surface area contributed by atoms with Gasteiger partial charge in [0.25, 0.3) is 5.56 Å². The van der Waals surface area contributed by atoms with Crippen LogP contribution >= 0.6 is 0 Å². The van der Waals surface area contributed by atoms with Crippen molar-refractivity contribution in [3.8, 4) is 0 Å². The van der Waals surface area contributed by atoms with Gasteiger partial charge in [-0.05, 0) is 24.9 Å². The molecular weight excluding hydrogens is 296 g/mol. The average Bonchev–Trinajstić information content (AvgIpc) is 3.13. The molecule has 0 saturated carbocycles. The molecule has 23 heavy (non-hydrogen) atoms. The summed E-state index contributed by atoms with van der Waals surface area (Å²) in [6.45, 7) is 6.42. The Hall–Kier alpha value is -1.93. The van der Waals surface area contributed by atoms with Crippen LogP contribution in [0.15, 0.2) is 15.9 Å². The first-order chi connectivity index (χ1) is 10.9. The van der Waals surface area contributed by atoms with Crippen LogP contribution in [0.25, 0.3) is 11.2 Å². The molecule has 1 unspecified atom stereocenters. The molecule has 3 heterocycles. The van der Waals surface area contributed by atoms with E-state index in [0.717, 1.165) is 30.6 Å². The molecule has 3 rings (SSSR count). The molecule has 0 aromatic carbocycles. The average molecular weight is 320 g/mol. The van der Waals surface area contributed by atoms with Gasteiger partial charge in [-0.15, -0.1) is 0 Å². The van der Waals surface area contributed by atoms with Gasteiger partial charge in [-0.3, -0.25) is 13.9 Å². The first-order valence-electron chi connectivity index (χ1n) is 7.89. The molecule has 8 nitrogen and oxygen atoms in total. The summed E-state index contributed by atoms with van der Waals surface area (Å²) in [4.78, 5) is 30.9. The molecule has 8 heteroatoms. The minimum atomic E-state index is -0.356. The van der Waals surface area contributed by atoms with Crippen LogP contribution < -0.4 is 17.0 Å². The fourth-order valence-corrected chi connectivity index (χ4v) is 3.30. The molecule has 2 N–H and O–H groups in total. The fourth-order valence-electron chi connectivity index (χ4n) is 3.30. The van der Waals surface area contributed by atoms with Gasteiger partial charge in [0.1, 0.15) is 0 Å². The predicted octanol–water partition coefficient (Wildman–Crippen LogP) is -0.896. The smallest absolute Gasteiger partial charge is 0.330 e. The van der Waals surface area contributed by atoms with Crippen LogP contribution in [0.1, 0.15) is 13.3 Å². The van der Waals surface area contributed by atoms with Crippen molar-refractivity contribution >= 4 is 11.2 Å². The second-order valence-electron chi connectivity index (χ2n) is 6.86. The third-order valence-corrected chi connectivity index (χ3v) is 5.00. The SMILES string of the molecule is Cn1c(=O)c2c(ncn2CCN2CCC(C)(CN)C2)n(C)c1=O. The molecule has 0 spiro atoms. The maximum atomic E-state index is 12.4. The van der Waals surface area contributed by atoms with E-state index in [1.54, 1.807) is 13.4 Å². The summed E-state index contributed by atoms with van der Waals surface area (Å²) in [6, 6.07) is 0. The second-order valence-corrected chi connectivity index (χ2v) is 6.86. The maximum absolute atomic E-state index is 12.4. The topological polar surface area (TPSA) is 91.1 Å². The van der Waals surface area contributed by atoms with Gasteiger partial charge in [-0.25, -0.2) is 9.78 Å². The van der Waals surface area contributed by atoms with Gasteiger partial charge in [0.05, 0.1) is 6.33 Å². The van der Waals surface area contributed by atoms with Crippen LogP contribution in [-0.4, -0.2) is 49.8 Å². The summed E-state index contributed by atoms with van der Waals surface area (Å²) in [5.74, 6) is 0. The number of nitrogens with two attached hydrogens (primary N) is 1. The molecule has 1 atom stereocenters. The summed E-state index contributed by atoms with van der Waals surface area (Å²) in [6.07, 6.45) is 2.74. The summed E-state index contributed by atoms with van der Waals surface area (Å²) in [5, 5.41) is 0. The Morgan fingerprint density at radius 1 is 1.26 bits per heavy atom. The standard InChI is InChI=1S/C15H24N6O2/c1-15(8-16)4-5-20(9-15)6-7-21-10-17-12-11(21)13(22)19(3)14(23)18(12)2/h10H,4-9,16H2,1-3H3. The van der Waals surface area contributed by atoms with Crippen LogP contribution in [0.5, 0.6) is 0 Å². The van der Waals surface area contributed by atoms with Gasteiger partial charge in [0.15, 0.2) is 11.2 Å². The van der Waals surface area contributed by atoms with Crippen molar-refractivity contribution in [3.05, 3.63) is 27.2 Å². The summed E-state index contributed by atoms with van der Waals surface area (Å²) >= 11 is 0. The van der Waals surface area contributed by atoms with Crippen molar-refractivity contribution in [3.63, 3.8) is 0 Å². The zero-order valence-corrected chi connectivity index (χ0v) is 13.9. The number of hydrogen-bond donors (Lipinski definition) is 1. The molecule has 126 valence electrons. The monoisotopic (exact) mass is 320 g/mol. The molecule has 1 saturated heterocycles. The van der Waals surface area contributed by atoms with E-state index in [9.17, 15) is 9.59 Å². The normalized spacial score (nSPS) is 22.3. The Balaban J connectivity index is 1.85. The number of likely N-dealkylation sites (tertiary alicyclic amines) is 1. The zero-order valence-electron chi connectivity index (χ0n) is 13.9. The highest BCUT2D eigenvalue weighted by atomic mass is 16.2. The van der Waals surface area contributed by atoms with E-state index in [0.29, 0.717) is 24.3 Å². The van der Waals surface area contributed by atoms with Gasteiger partial charge in [0, 0.05) is 33.7 Å². The van der Waals surface area contributed by atoms with E-state index in [-0.39, 0.29) is 16.7 Å². The lowest BCUT2D eigenvalue weighted by Gasteiger charge is -2.22. The minimum Gasteiger partial charge on any atom is -0.330 e. The van der Waals surface area contributed by atoms with Gasteiger partial charge in [-0.2, -0.15) is 0 Å². The number of nitrogens with zero attached hydrogens (tertiary/aromatic N) is 5. The number of aromatic nitrogens is 4. The number of rotatable bonds is 4. The summed E-state index contributed by atoms with van der Waals surface area (Å²) in [5.41, 5.74) is 6.30. The highest BCUT2D eigenvalue weighted by molar-refractivity contribution is 5.69. The number of hydrogen-bond acceptors (Lipinski definition) is 5. The molecule has 1 fully saturated rings. The molecule has 1 aliphatic heterocycles. The van der Waals surface area contributed by atoms with E-state index in [1.807, 2.05) is 4.57 Å². The van der Waals surface area contributed by atoms with Crippen molar-refractivity contribution in [2.24, 2.45) is 25.2 Å². The fraction of sp³-hybridized carbons (Fsp3) is 0.667. The van der Waals surface area contributed by atoms with Gasteiger partial charge in [-0.1, -0.05) is 6.92 Å². The number of imidazole rings is 1. The highest BCUT2D eigenvalue weighted by Gasteiger charge is 2.32. The summed E-state index contributed by atoms with van der Waals surface area (Å²) in [7, 11) is 3.13. The Kier molecular flexibility index (Phi) is 3.89. The van der Waals surface area contributed by atoms with Crippen LogP contribution in [0.3, 0.4) is 0 Å². The van der Waals surface area contributed by atoms with Crippen molar-refractivity contribution in [2.45, 2.75) is 19.9 Å². The minimum absolute atomic E-state index is 0.192. The highest BCUT2D eigenvalue weighted by Crippen LogP contribution is 2.28. The molecule has 2 aromatic heterocycles. The first-order valence-corrected chi connectivity index (χ1v) is 7.89. The van der Waals surface area contributed by atoms with Crippen molar-refractivity contribution < 1.29 is 0 Å². The van der Waals surface area contributed by atoms with E-state index in [2.05, 4.69) is 16.8 Å². The lowest BCUT2D eigenvalue weighted by Crippen LogP contribution is -2.38. The molecule has 0 radical (unpaired) electrons. The zero-order chi connectivity index (χ0) is 16.8. The Labute approximate surface area is 134 Å². The first kappa shape index (κ1) is 15.9. The van der Waals surface area contributed by atoms with Gasteiger partial charge >= 0.3 is 5.69 Å². The van der Waals surface area contributed by atoms with Gasteiger partial charge < -0.3 is 15.2 Å². The van der Waals surface area contributed by atoms with Crippen LogP contribution in [0, 0.1) is 5.41 Å². The van der Waals surface area contributed by atoms with Crippen molar-refractivity contribution in [2.75, 3.05) is 26.2 Å². The van der Waals surface area contributed by atoms with Crippen molar-refractivity contribution in [1.29, 1.82) is 0 Å². The Morgan fingerprint density at radius 3 is 2.65 bits per heavy atom. The number of fused-ring (bicyclic) bond motifs is 1. The summed E-state index contributed by atoms with van der Waals surface area (Å²) < 4.78 is 4.38. The van der Waals surface area contributed by atoms with E-state index < -0.39 is 0 Å². The van der Waals surface area contributed by atoms with E-state index >= 15 is 0 Å². The third kappa shape index (κ3) is 2.61. The quantitative estimate of drug-likeness (QED) is 0.789. The number of aryl methyl sites for hydroxylation is 1. The molecule has 2 aromatic rings. The lowest BCUT2D eigenvalue weighted by molar-refractivity contribution is 0.272.